The molecule has 0 bridgehead atoms. The van der Waals surface area contributed by atoms with E-state index in [9.17, 15) is 62.3 Å². The zero-order valence-electron chi connectivity index (χ0n) is 65.9. The third-order valence-electron chi connectivity index (χ3n) is 17.4. The van der Waals surface area contributed by atoms with Crippen LogP contribution in [-0.2, 0) is 75.1 Å². The van der Waals surface area contributed by atoms with E-state index in [1.165, 1.54) is 19.6 Å². The Labute approximate surface area is 625 Å². The maximum absolute atomic E-state index is 13.1. The SMILES string of the molecule is C=C(CCCC)C(=O)N1C(=O)OC(C)(C)[C@@H]1Cc1ccccc1.CCCCC(=O)C(=O)O.CCCCC(C(=O)O)C(=O)O.CCCC[C@H](CN(C)C=O)C(=O)O.CCCC[C@H](CN(C)C=O)C(C)=O.CCCC[C@H](CNC)C(=O)N1C(=O)OC(C)(C)[C@@H]1Cc1ccccc1.CCCC[C@H](CNC)C(=O)O. The molecule has 2 heterocycles. The number of hydrogen-bond donors (Lipinski definition) is 7. The van der Waals surface area contributed by atoms with Crippen LogP contribution in [0.1, 0.15) is 229 Å². The molecule has 0 spiro atoms. The number of ketones is 2. The molecule has 6 atom stereocenters. The lowest BCUT2D eigenvalue weighted by Gasteiger charge is -2.30. The van der Waals surface area contributed by atoms with E-state index in [0.717, 1.165) is 114 Å². The summed E-state index contributed by atoms with van der Waals surface area (Å²) in [5.74, 6) is -8.28. The number of imide groups is 2. The molecule has 0 saturated carbocycles. The number of cyclic esters (lactones) is 2. The van der Waals surface area contributed by atoms with E-state index in [-0.39, 0.29) is 60.3 Å². The molecule has 596 valence electrons. The Morgan fingerprint density at radius 2 is 0.848 bits per heavy atom. The molecule has 26 heteroatoms. The van der Waals surface area contributed by atoms with Crippen LogP contribution in [0, 0.1) is 29.6 Å². The van der Waals surface area contributed by atoms with Crippen LogP contribution in [0.25, 0.3) is 0 Å². The van der Waals surface area contributed by atoms with Crippen molar-refractivity contribution in [3.63, 3.8) is 0 Å². The number of benzene rings is 2. The highest BCUT2D eigenvalue weighted by atomic mass is 16.6. The van der Waals surface area contributed by atoms with Gasteiger partial charge in [0.1, 0.15) is 17.0 Å². The van der Waals surface area contributed by atoms with E-state index < -0.39 is 70.9 Å². The fourth-order valence-corrected chi connectivity index (χ4v) is 10.9. The minimum absolute atomic E-state index is 0.0233. The first kappa shape index (κ1) is 101. The fraction of sp³-hybridized carbons (Fsp3) is 0.658. The first-order valence-corrected chi connectivity index (χ1v) is 37.2. The molecule has 2 aromatic rings. The van der Waals surface area contributed by atoms with Gasteiger partial charge in [-0.3, -0.25) is 47.9 Å². The van der Waals surface area contributed by atoms with Gasteiger partial charge < -0.3 is 55.4 Å². The number of unbranched alkanes of at least 4 members (excludes halogenated alkanes) is 7. The number of nitrogens with one attached hydrogen (secondary N) is 2. The molecule has 2 aromatic carbocycles. The van der Waals surface area contributed by atoms with E-state index >= 15 is 0 Å². The number of Topliss-reactive ketones (excluding diaryl/α,β-unsaturated/α-hetero) is 2. The van der Waals surface area contributed by atoms with Crippen LogP contribution >= 0.6 is 0 Å². The molecule has 0 aliphatic carbocycles. The number of carboxylic acid groups (broad SMARTS) is 5. The molecule has 2 saturated heterocycles. The lowest BCUT2D eigenvalue weighted by molar-refractivity contribution is -0.155. The van der Waals surface area contributed by atoms with Gasteiger partial charge in [-0.15, -0.1) is 0 Å². The van der Waals surface area contributed by atoms with E-state index in [4.69, 9.17) is 35.0 Å². The lowest BCUT2D eigenvalue weighted by atomic mass is 9.90. The second-order valence-electron chi connectivity index (χ2n) is 27.5. The van der Waals surface area contributed by atoms with Crippen molar-refractivity contribution in [2.75, 3.05) is 54.4 Å². The molecular formula is C79H130N6O20. The average molecular weight is 1480 g/mol. The summed E-state index contributed by atoms with van der Waals surface area (Å²) < 4.78 is 11.0. The summed E-state index contributed by atoms with van der Waals surface area (Å²) in [5, 5.41) is 48.3. The Balaban J connectivity index is -0.00000120. The molecule has 0 radical (unpaired) electrons. The Morgan fingerprint density at radius 1 is 0.505 bits per heavy atom. The number of carboxylic acids is 5. The molecular weight excluding hydrogens is 1350 g/mol. The molecule has 0 unspecified atom stereocenters. The smallest absolute Gasteiger partial charge is 0.417 e. The predicted octanol–water partition coefficient (Wildman–Crippen LogP) is 12.8. The van der Waals surface area contributed by atoms with Gasteiger partial charge >= 0.3 is 42.0 Å². The second-order valence-corrected chi connectivity index (χ2v) is 27.5. The number of amides is 6. The van der Waals surface area contributed by atoms with Gasteiger partial charge in [0.05, 0.1) is 29.8 Å². The summed E-state index contributed by atoms with van der Waals surface area (Å²) in [6.07, 6.45) is 18.5. The third-order valence-corrected chi connectivity index (χ3v) is 17.4. The van der Waals surface area contributed by atoms with E-state index in [1.807, 2.05) is 116 Å². The molecule has 7 N–H and O–H groups in total. The maximum Gasteiger partial charge on any atom is 0.417 e. The molecule has 105 heavy (non-hydrogen) atoms. The first-order valence-electron chi connectivity index (χ1n) is 37.2. The van der Waals surface area contributed by atoms with Gasteiger partial charge in [0.15, 0.2) is 5.92 Å². The second kappa shape index (κ2) is 57.9. The number of rotatable bonds is 43. The van der Waals surface area contributed by atoms with Crippen LogP contribution in [0.3, 0.4) is 0 Å². The topological polar surface area (TPSA) is 379 Å². The first-order chi connectivity index (χ1) is 49.5. The number of aliphatic carboxylic acids is 5. The van der Waals surface area contributed by atoms with Crippen molar-refractivity contribution in [2.45, 2.75) is 254 Å². The van der Waals surface area contributed by atoms with Crippen molar-refractivity contribution in [3.8, 4) is 0 Å². The largest absolute Gasteiger partial charge is 0.481 e. The van der Waals surface area contributed by atoms with E-state index in [2.05, 4.69) is 44.9 Å². The molecule has 6 amide bonds. The third kappa shape index (κ3) is 43.0. The van der Waals surface area contributed by atoms with Crippen LogP contribution in [0.4, 0.5) is 9.59 Å². The predicted molar refractivity (Wildman–Crippen MR) is 405 cm³/mol. The average Bonchev–Trinajstić information content (AvgIpc) is 1.63. The summed E-state index contributed by atoms with van der Waals surface area (Å²) in [7, 11) is 6.91. The standard InChI is InChI=1S/C20H30N2O3.C19H25NO3.C10H19NO2.C9H17NO3.C8H17NO2.C7H12O4.C6H10O3/c1-5-6-12-16(14-21-4)18(23)22-17(20(2,3)25-19(22)24)13-15-10-8-7-9-11-15;1-5-6-10-14(2)17(21)20-16(19(3,4)23-18(20)22)13-15-11-8-7-9-12-15;1-4-5-6-10(9(2)13)7-11(3)8-12;1-3-4-5-8(9(12)13)6-10(2)7-11;1-3-4-5-7(6-9-2)8(10)11;1-2-3-4-5(6(8)9)7(10)11;1-2-3-4-5(7)6(8)9/h7-11,16-17,21H,5-6,12-14H2,1-4H3;7-9,11-12,16H,2,5-6,10,13H2,1,3-4H3;8,10H,4-7H2,1-3H3;7-8H,3-6H2,1-2H3,(H,12,13);7,9H,3-6H2,1-2H3,(H,10,11);5H,2-4H2,1H3,(H,8,9)(H,10,11);2-4H2,1H3,(H,8,9)/t16-,17+;16-;10-;8-;7-;;/m10111../s1. The number of ether oxygens (including phenoxy) is 2. The maximum atomic E-state index is 13.1. The lowest BCUT2D eigenvalue weighted by Crippen LogP contribution is -2.49. The Bertz CT molecular complexity index is 2840. The molecule has 26 nitrogen and oxygen atoms in total. The van der Waals surface area contributed by atoms with Crippen molar-refractivity contribution >= 4 is 78.2 Å². The van der Waals surface area contributed by atoms with Crippen molar-refractivity contribution in [2.24, 2.45) is 29.6 Å². The zero-order valence-corrected chi connectivity index (χ0v) is 65.9. The summed E-state index contributed by atoms with van der Waals surface area (Å²) in [4.78, 5) is 150. The highest BCUT2D eigenvalue weighted by molar-refractivity contribution is 6.32. The fourth-order valence-electron chi connectivity index (χ4n) is 10.9. The van der Waals surface area contributed by atoms with Gasteiger partial charge in [0.25, 0.3) is 5.91 Å². The molecule has 2 aliphatic heterocycles. The van der Waals surface area contributed by atoms with Crippen molar-refractivity contribution in [1.82, 2.24) is 30.2 Å². The molecule has 2 fully saturated rings. The van der Waals surface area contributed by atoms with Crippen LogP contribution in [-0.4, -0.2) is 201 Å². The zero-order chi connectivity index (χ0) is 80.8. The van der Waals surface area contributed by atoms with Gasteiger partial charge in [-0.2, -0.15) is 0 Å². The number of carbonyl (C=O) groups is 13. The highest BCUT2D eigenvalue weighted by Crippen LogP contribution is 2.35. The minimum atomic E-state index is -1.32. The summed E-state index contributed by atoms with van der Waals surface area (Å²) >= 11 is 0. The van der Waals surface area contributed by atoms with Crippen LogP contribution in [0.5, 0.6) is 0 Å². The Kier molecular flexibility index (Phi) is 55.5. The van der Waals surface area contributed by atoms with Crippen molar-refractivity contribution in [1.29, 1.82) is 0 Å². The minimum Gasteiger partial charge on any atom is -0.481 e. The summed E-state index contributed by atoms with van der Waals surface area (Å²) in [5.41, 5.74) is 1.22. The van der Waals surface area contributed by atoms with Crippen LogP contribution in [0.15, 0.2) is 72.8 Å². The summed E-state index contributed by atoms with van der Waals surface area (Å²) in [6.45, 7) is 29.1. The normalized spacial score (nSPS) is 15.3. The van der Waals surface area contributed by atoms with Gasteiger partial charge in [-0.1, -0.05) is 193 Å². The van der Waals surface area contributed by atoms with Gasteiger partial charge in [0.2, 0.25) is 24.5 Å². The monoisotopic (exact) mass is 1480 g/mol. The quantitative estimate of drug-likeness (QED) is 0.0140. The van der Waals surface area contributed by atoms with E-state index in [1.54, 1.807) is 28.1 Å². The molecule has 0 aromatic heterocycles. The van der Waals surface area contributed by atoms with Crippen LogP contribution < -0.4 is 10.6 Å². The molecule has 4 rings (SSSR count). The van der Waals surface area contributed by atoms with Crippen molar-refractivity contribution < 1.29 is 97.3 Å². The van der Waals surface area contributed by atoms with E-state index in [0.29, 0.717) is 76.7 Å². The number of carbonyl (C=O) groups excluding carboxylic acids is 8. The Morgan fingerprint density at radius 3 is 1.21 bits per heavy atom. The Hall–Kier alpha value is -8.39. The highest BCUT2D eigenvalue weighted by Gasteiger charge is 2.52. The molecule has 2 aliphatic rings. The summed E-state index contributed by atoms with van der Waals surface area (Å²) in [6, 6.07) is 19.1. The van der Waals surface area contributed by atoms with Gasteiger partial charge in [-0.25, -0.2) is 24.2 Å². The van der Waals surface area contributed by atoms with Gasteiger partial charge in [-0.05, 0) is 124 Å². The van der Waals surface area contributed by atoms with Crippen LogP contribution in [0.2, 0.25) is 0 Å². The number of hydrogen-bond acceptors (Lipinski definition) is 17. The number of nitrogens with zero attached hydrogens (tertiary/aromatic N) is 4. The van der Waals surface area contributed by atoms with Crippen molar-refractivity contribution in [3.05, 3.63) is 83.9 Å². The van der Waals surface area contributed by atoms with Gasteiger partial charge in [0, 0.05) is 58.2 Å².